The first-order chi connectivity index (χ1) is 8.68. The number of hydrogen-bond acceptors (Lipinski definition) is 4. The van der Waals surface area contributed by atoms with Gasteiger partial charge in [-0.15, -0.1) is 0 Å². The van der Waals surface area contributed by atoms with Crippen LogP contribution in [0, 0.1) is 0 Å². The van der Waals surface area contributed by atoms with E-state index in [2.05, 4.69) is 65.8 Å². The van der Waals surface area contributed by atoms with Gasteiger partial charge in [0.2, 0.25) is 0 Å². The minimum absolute atomic E-state index is 0. The third-order valence-electron chi connectivity index (χ3n) is 2.52. The minimum atomic E-state index is -2.12. The molecule has 0 rings (SSSR count). The van der Waals surface area contributed by atoms with Gasteiger partial charge in [-0.25, -0.2) is 0 Å². The summed E-state index contributed by atoms with van der Waals surface area (Å²) in [5.41, 5.74) is 0. The molecule has 4 nitrogen and oxygen atoms in total. The molecule has 0 aliphatic rings. The van der Waals surface area contributed by atoms with E-state index in [1.54, 1.807) is 0 Å². The Morgan fingerprint density at radius 1 is 0.682 bits per heavy atom. The lowest BCUT2D eigenvalue weighted by atomic mass is 10.4. The van der Waals surface area contributed by atoms with Crippen molar-refractivity contribution in [3.63, 3.8) is 0 Å². The van der Waals surface area contributed by atoms with Gasteiger partial charge in [-0.3, -0.25) is 0 Å². The first-order valence-electron chi connectivity index (χ1n) is 7.79. The van der Waals surface area contributed by atoms with E-state index < -0.39 is 33.8 Å². The lowest BCUT2D eigenvalue weighted by Gasteiger charge is -2.41. The second-order valence-electron chi connectivity index (χ2n) is 8.17. The van der Waals surface area contributed by atoms with E-state index in [-0.39, 0.29) is 13.6 Å². The Bertz CT molecular complexity index is 303. The van der Waals surface area contributed by atoms with E-state index >= 15 is 0 Å². The summed E-state index contributed by atoms with van der Waals surface area (Å²) in [5, 5.41) is 0. The monoisotopic (exact) mass is 385 g/mol. The van der Waals surface area contributed by atoms with Crippen LogP contribution in [0.2, 0.25) is 65.0 Å². The SMILES string of the molecule is C.CCCC[Si](C)(O[Si](C)(C)C)O[Si](C)(C)O[Si](C)(C)C.N. The van der Waals surface area contributed by atoms with Crippen molar-refractivity contribution in [2.45, 2.75) is 92.2 Å². The van der Waals surface area contributed by atoms with Crippen LogP contribution in [0.1, 0.15) is 27.2 Å². The molecule has 0 aromatic carbocycles. The first-order valence-corrected chi connectivity index (χ1v) is 19.9. The van der Waals surface area contributed by atoms with Crippen molar-refractivity contribution in [3.05, 3.63) is 0 Å². The fourth-order valence-electron chi connectivity index (χ4n) is 2.55. The smallest absolute Gasteiger partial charge is 0.315 e. The highest BCUT2D eigenvalue weighted by Gasteiger charge is 2.43. The highest BCUT2D eigenvalue weighted by molar-refractivity contribution is 6.89. The topological polar surface area (TPSA) is 62.7 Å². The molecule has 1 atom stereocenters. The van der Waals surface area contributed by atoms with Crippen LogP contribution in [0.25, 0.3) is 0 Å². The third kappa shape index (κ3) is 14.3. The second-order valence-corrected chi connectivity index (χ2v) is 24.6. The molecule has 8 heteroatoms. The zero-order valence-electron chi connectivity index (χ0n) is 16.1. The summed E-state index contributed by atoms with van der Waals surface area (Å²) >= 11 is 0. The Balaban J connectivity index is -0.00000180. The molecule has 0 bridgehead atoms. The van der Waals surface area contributed by atoms with Crippen LogP contribution in [-0.4, -0.2) is 33.8 Å². The molecular formula is C14H43NO3Si4. The van der Waals surface area contributed by atoms with E-state index in [1.807, 2.05) is 0 Å². The Kier molecular flexibility index (Phi) is 12.4. The summed E-state index contributed by atoms with van der Waals surface area (Å²) < 4.78 is 19.4. The summed E-state index contributed by atoms with van der Waals surface area (Å²) in [6.45, 7) is 22.3. The van der Waals surface area contributed by atoms with Crippen LogP contribution < -0.4 is 6.15 Å². The molecule has 0 radical (unpaired) electrons. The molecule has 0 aromatic heterocycles. The molecule has 3 N–H and O–H groups in total. The predicted molar refractivity (Wildman–Crippen MR) is 111 cm³/mol. The van der Waals surface area contributed by atoms with Crippen molar-refractivity contribution in [2.24, 2.45) is 0 Å². The first kappa shape index (κ1) is 27.6. The van der Waals surface area contributed by atoms with Crippen LogP contribution in [0.3, 0.4) is 0 Å². The third-order valence-corrected chi connectivity index (χ3v) is 16.1. The molecule has 1 unspecified atom stereocenters. The molecule has 22 heavy (non-hydrogen) atoms. The fourth-order valence-corrected chi connectivity index (χ4v) is 20.7. The molecule has 0 fully saturated rings. The highest BCUT2D eigenvalue weighted by Crippen LogP contribution is 2.27. The average molecular weight is 386 g/mol. The van der Waals surface area contributed by atoms with Gasteiger partial charge in [0.15, 0.2) is 16.6 Å². The van der Waals surface area contributed by atoms with Crippen molar-refractivity contribution < 1.29 is 12.3 Å². The number of rotatable bonds is 9. The number of unbranched alkanes of at least 4 members (excludes halogenated alkanes) is 1. The van der Waals surface area contributed by atoms with Gasteiger partial charge >= 0.3 is 17.1 Å². The van der Waals surface area contributed by atoms with E-state index in [9.17, 15) is 0 Å². The quantitative estimate of drug-likeness (QED) is 0.488. The van der Waals surface area contributed by atoms with Crippen molar-refractivity contribution in [1.29, 1.82) is 0 Å². The summed E-state index contributed by atoms with van der Waals surface area (Å²) in [4.78, 5) is 0. The Morgan fingerprint density at radius 2 is 1.09 bits per heavy atom. The Hall–Kier alpha value is 0.708. The van der Waals surface area contributed by atoms with Crippen LogP contribution in [-0.2, 0) is 12.3 Å². The molecule has 0 heterocycles. The molecule has 0 saturated heterocycles. The van der Waals surface area contributed by atoms with Crippen LogP contribution in [0.4, 0.5) is 0 Å². The Labute approximate surface area is 144 Å². The van der Waals surface area contributed by atoms with E-state index in [1.165, 1.54) is 12.8 Å². The van der Waals surface area contributed by atoms with Crippen molar-refractivity contribution in [1.82, 2.24) is 6.15 Å². The molecule has 0 amide bonds. The minimum Gasteiger partial charge on any atom is -0.437 e. The molecular weight excluding hydrogens is 343 g/mol. The van der Waals surface area contributed by atoms with Gasteiger partial charge in [0, 0.05) is 0 Å². The molecule has 0 aliphatic carbocycles. The summed E-state index contributed by atoms with van der Waals surface area (Å²) in [6.07, 6.45) is 2.38. The molecule has 0 aromatic rings. The second kappa shape index (κ2) is 9.87. The van der Waals surface area contributed by atoms with Crippen LogP contribution in [0.5, 0.6) is 0 Å². The van der Waals surface area contributed by atoms with Crippen LogP contribution in [0.15, 0.2) is 0 Å². The Morgan fingerprint density at radius 3 is 1.41 bits per heavy atom. The zero-order chi connectivity index (χ0) is 16.2. The average Bonchev–Trinajstić information content (AvgIpc) is 2.05. The lowest BCUT2D eigenvalue weighted by molar-refractivity contribution is 0.322. The highest BCUT2D eigenvalue weighted by atomic mass is 28.5. The summed E-state index contributed by atoms with van der Waals surface area (Å²) in [5.74, 6) is 0. The van der Waals surface area contributed by atoms with Crippen molar-refractivity contribution in [2.75, 3.05) is 0 Å². The van der Waals surface area contributed by atoms with E-state index in [4.69, 9.17) is 12.3 Å². The molecule has 138 valence electrons. The molecule has 0 saturated carbocycles. The van der Waals surface area contributed by atoms with Crippen LogP contribution >= 0.6 is 0 Å². The van der Waals surface area contributed by atoms with Crippen molar-refractivity contribution >= 4 is 33.8 Å². The molecule has 0 aliphatic heterocycles. The van der Waals surface area contributed by atoms with Gasteiger partial charge in [-0.1, -0.05) is 27.2 Å². The van der Waals surface area contributed by atoms with Gasteiger partial charge in [0.1, 0.15) is 0 Å². The number of hydrogen-bond donors (Lipinski definition) is 1. The lowest BCUT2D eigenvalue weighted by Crippen LogP contribution is -2.56. The summed E-state index contributed by atoms with van der Waals surface area (Å²) in [6, 6.07) is 1.08. The predicted octanol–water partition coefficient (Wildman–Crippen LogP) is 6.08. The maximum Gasteiger partial charge on any atom is 0.315 e. The van der Waals surface area contributed by atoms with Gasteiger partial charge < -0.3 is 18.5 Å². The maximum atomic E-state index is 6.58. The maximum absolute atomic E-state index is 6.58. The van der Waals surface area contributed by atoms with Gasteiger partial charge in [-0.2, -0.15) is 0 Å². The van der Waals surface area contributed by atoms with E-state index in [0.29, 0.717) is 0 Å². The largest absolute Gasteiger partial charge is 0.437 e. The zero-order valence-corrected chi connectivity index (χ0v) is 20.1. The van der Waals surface area contributed by atoms with Crippen molar-refractivity contribution in [3.8, 4) is 0 Å². The van der Waals surface area contributed by atoms with Gasteiger partial charge in [-0.05, 0) is 65.0 Å². The summed E-state index contributed by atoms with van der Waals surface area (Å²) in [7, 11) is -7.38. The van der Waals surface area contributed by atoms with Gasteiger partial charge in [0.25, 0.3) is 0 Å². The normalized spacial score (nSPS) is 15.5. The molecule has 0 spiro atoms. The fraction of sp³-hybridized carbons (Fsp3) is 1.00. The van der Waals surface area contributed by atoms with Gasteiger partial charge in [0.05, 0.1) is 0 Å². The van der Waals surface area contributed by atoms with E-state index in [0.717, 1.165) is 6.04 Å². The standard InChI is InChI=1S/C13H36O3Si4.CH4.H3N/c1-11-12-13-20(10,15-18(5,6)7)16-19(8,9)14-17(2,3)4;;/h11-13H2,1-10H3;1H4;1H3.